The van der Waals surface area contributed by atoms with Crippen LogP contribution in [0.1, 0.15) is 28.9 Å². The highest BCUT2D eigenvalue weighted by atomic mass is 16.5. The third-order valence-corrected chi connectivity index (χ3v) is 3.20. The van der Waals surface area contributed by atoms with Crippen molar-refractivity contribution in [2.45, 2.75) is 13.0 Å². The number of nitrogens with one attached hydrogen (secondary N) is 1. The monoisotopic (exact) mass is 300 g/mol. The van der Waals surface area contributed by atoms with Crippen molar-refractivity contribution >= 4 is 5.91 Å². The van der Waals surface area contributed by atoms with E-state index in [0.29, 0.717) is 24.6 Å². The Balaban J connectivity index is 2.03. The maximum absolute atomic E-state index is 12.3. The van der Waals surface area contributed by atoms with E-state index in [2.05, 4.69) is 10.3 Å². The molecule has 1 atom stereocenters. The van der Waals surface area contributed by atoms with E-state index in [1.54, 1.807) is 25.4 Å². The largest absolute Gasteiger partial charge is 0.477 e. The van der Waals surface area contributed by atoms with Crippen LogP contribution >= 0.6 is 0 Å². The highest BCUT2D eigenvalue weighted by Crippen LogP contribution is 2.17. The highest BCUT2D eigenvalue weighted by molar-refractivity contribution is 5.96. The second-order valence-electron chi connectivity index (χ2n) is 4.63. The molecule has 2 aromatic rings. The smallest absolute Gasteiger partial charge is 0.256 e. The van der Waals surface area contributed by atoms with Gasteiger partial charge in [0.2, 0.25) is 5.88 Å². The molecule has 22 heavy (non-hydrogen) atoms. The van der Waals surface area contributed by atoms with Crippen LogP contribution < -0.4 is 10.1 Å². The second kappa shape index (κ2) is 8.14. The van der Waals surface area contributed by atoms with Crippen molar-refractivity contribution in [3.05, 3.63) is 59.8 Å². The van der Waals surface area contributed by atoms with Crippen LogP contribution in [0, 0.1) is 0 Å². The summed E-state index contributed by atoms with van der Waals surface area (Å²) in [6.07, 6.45) is 1.40. The number of carbonyl (C=O) groups excluding carboxylic acids is 1. The summed E-state index contributed by atoms with van der Waals surface area (Å²) < 4.78 is 10.8. The average molecular weight is 300 g/mol. The zero-order chi connectivity index (χ0) is 15.8. The molecule has 1 heterocycles. The number of methoxy groups -OCH3 is 1. The summed E-state index contributed by atoms with van der Waals surface area (Å²) in [4.78, 5) is 16.4. The number of hydrogen-bond donors (Lipinski definition) is 1. The van der Waals surface area contributed by atoms with Gasteiger partial charge in [0.05, 0.1) is 12.7 Å². The Labute approximate surface area is 130 Å². The maximum Gasteiger partial charge on any atom is 0.256 e. The molecular formula is C17H20N2O3. The first-order valence-electron chi connectivity index (χ1n) is 7.20. The summed E-state index contributed by atoms with van der Waals surface area (Å²) in [5, 5.41) is 2.86. The molecule has 116 valence electrons. The third-order valence-electron chi connectivity index (χ3n) is 3.20. The first-order chi connectivity index (χ1) is 10.8. The van der Waals surface area contributed by atoms with Crippen LogP contribution in [0.2, 0.25) is 0 Å². The molecular weight excluding hydrogens is 280 g/mol. The SMILES string of the molecule is CCOc1ncccc1C(=O)NCC(OC)c1ccccc1. The van der Waals surface area contributed by atoms with E-state index in [1.807, 2.05) is 37.3 Å². The molecule has 0 aliphatic rings. The van der Waals surface area contributed by atoms with Crippen molar-refractivity contribution in [1.29, 1.82) is 0 Å². The summed E-state index contributed by atoms with van der Waals surface area (Å²) in [5.74, 6) is 0.116. The minimum atomic E-state index is -0.227. The molecule has 5 nitrogen and oxygen atoms in total. The van der Waals surface area contributed by atoms with Crippen molar-refractivity contribution in [2.75, 3.05) is 20.3 Å². The zero-order valence-electron chi connectivity index (χ0n) is 12.8. The molecule has 0 aliphatic heterocycles. The molecule has 0 saturated carbocycles. The Morgan fingerprint density at radius 1 is 1.23 bits per heavy atom. The summed E-state index contributed by atoms with van der Waals surface area (Å²) in [6.45, 7) is 2.69. The van der Waals surface area contributed by atoms with E-state index in [9.17, 15) is 4.79 Å². The first kappa shape index (κ1) is 16.0. The average Bonchev–Trinajstić information content (AvgIpc) is 2.57. The Bertz CT molecular complexity index is 602. The Morgan fingerprint density at radius 3 is 2.68 bits per heavy atom. The first-order valence-corrected chi connectivity index (χ1v) is 7.20. The molecule has 1 N–H and O–H groups in total. The van der Waals surface area contributed by atoms with Gasteiger partial charge in [0.25, 0.3) is 5.91 Å². The molecule has 2 rings (SSSR count). The lowest BCUT2D eigenvalue weighted by Crippen LogP contribution is -2.29. The number of ether oxygens (including phenoxy) is 2. The van der Waals surface area contributed by atoms with Gasteiger partial charge in [-0.3, -0.25) is 4.79 Å². The molecule has 0 fully saturated rings. The van der Waals surface area contributed by atoms with Gasteiger partial charge >= 0.3 is 0 Å². The maximum atomic E-state index is 12.3. The Hall–Kier alpha value is -2.40. The minimum Gasteiger partial charge on any atom is -0.477 e. The Morgan fingerprint density at radius 2 is 2.00 bits per heavy atom. The summed E-state index contributed by atoms with van der Waals surface area (Å²) in [5.41, 5.74) is 1.44. The van der Waals surface area contributed by atoms with Crippen molar-refractivity contribution in [3.63, 3.8) is 0 Å². The number of pyridine rings is 1. The summed E-state index contributed by atoms with van der Waals surface area (Å²) in [6, 6.07) is 13.2. The summed E-state index contributed by atoms with van der Waals surface area (Å²) >= 11 is 0. The lowest BCUT2D eigenvalue weighted by atomic mass is 10.1. The van der Waals surface area contributed by atoms with E-state index < -0.39 is 0 Å². The van der Waals surface area contributed by atoms with Crippen LogP contribution in [0.15, 0.2) is 48.7 Å². The molecule has 0 spiro atoms. The fraction of sp³-hybridized carbons (Fsp3) is 0.294. The van der Waals surface area contributed by atoms with Crippen molar-refractivity contribution in [1.82, 2.24) is 10.3 Å². The number of benzene rings is 1. The molecule has 1 unspecified atom stereocenters. The second-order valence-corrected chi connectivity index (χ2v) is 4.63. The van der Waals surface area contributed by atoms with Crippen molar-refractivity contribution < 1.29 is 14.3 Å². The number of hydrogen-bond acceptors (Lipinski definition) is 4. The van der Waals surface area contributed by atoms with Crippen LogP contribution in [-0.4, -0.2) is 31.2 Å². The van der Waals surface area contributed by atoms with Gasteiger partial charge < -0.3 is 14.8 Å². The molecule has 0 saturated heterocycles. The van der Waals surface area contributed by atoms with E-state index in [4.69, 9.17) is 9.47 Å². The number of carbonyl (C=O) groups is 1. The standard InChI is InChI=1S/C17H20N2O3/c1-3-22-17-14(10-7-11-18-17)16(20)19-12-15(21-2)13-8-5-4-6-9-13/h4-11,15H,3,12H2,1-2H3,(H,19,20). The molecule has 0 radical (unpaired) electrons. The van der Waals surface area contributed by atoms with E-state index in [-0.39, 0.29) is 12.0 Å². The molecule has 1 aromatic heterocycles. The number of aromatic nitrogens is 1. The van der Waals surface area contributed by atoms with Crippen LogP contribution in [0.5, 0.6) is 5.88 Å². The molecule has 5 heteroatoms. The van der Waals surface area contributed by atoms with Gasteiger partial charge in [-0.05, 0) is 24.6 Å². The molecule has 0 bridgehead atoms. The fourth-order valence-electron chi connectivity index (χ4n) is 2.10. The lowest BCUT2D eigenvalue weighted by molar-refractivity contribution is 0.0824. The lowest BCUT2D eigenvalue weighted by Gasteiger charge is -2.17. The van der Waals surface area contributed by atoms with Gasteiger partial charge in [-0.25, -0.2) is 4.98 Å². The van der Waals surface area contributed by atoms with Crippen LogP contribution in [0.3, 0.4) is 0 Å². The van der Waals surface area contributed by atoms with Crippen molar-refractivity contribution in [2.24, 2.45) is 0 Å². The predicted molar refractivity (Wildman–Crippen MR) is 83.9 cm³/mol. The van der Waals surface area contributed by atoms with Gasteiger partial charge in [0.1, 0.15) is 5.56 Å². The van der Waals surface area contributed by atoms with Gasteiger partial charge in [0, 0.05) is 19.9 Å². The highest BCUT2D eigenvalue weighted by Gasteiger charge is 2.16. The number of amides is 1. The van der Waals surface area contributed by atoms with E-state index in [0.717, 1.165) is 5.56 Å². The quantitative estimate of drug-likeness (QED) is 0.854. The van der Waals surface area contributed by atoms with E-state index >= 15 is 0 Å². The zero-order valence-corrected chi connectivity index (χ0v) is 12.8. The molecule has 1 aromatic carbocycles. The number of rotatable bonds is 7. The van der Waals surface area contributed by atoms with Gasteiger partial charge in [-0.15, -0.1) is 0 Å². The Kier molecular flexibility index (Phi) is 5.91. The van der Waals surface area contributed by atoms with E-state index in [1.165, 1.54) is 0 Å². The van der Waals surface area contributed by atoms with Gasteiger partial charge in [-0.2, -0.15) is 0 Å². The molecule has 1 amide bonds. The predicted octanol–water partition coefficient (Wildman–Crippen LogP) is 2.60. The topological polar surface area (TPSA) is 60.5 Å². The van der Waals surface area contributed by atoms with Crippen molar-refractivity contribution in [3.8, 4) is 5.88 Å². The minimum absolute atomic E-state index is 0.197. The fourth-order valence-corrected chi connectivity index (χ4v) is 2.10. The van der Waals surface area contributed by atoms with Gasteiger partial charge in [0.15, 0.2) is 0 Å². The van der Waals surface area contributed by atoms with Crippen LogP contribution in [0.25, 0.3) is 0 Å². The van der Waals surface area contributed by atoms with Crippen LogP contribution in [0.4, 0.5) is 0 Å². The number of nitrogens with zero attached hydrogens (tertiary/aromatic N) is 1. The third kappa shape index (κ3) is 4.05. The van der Waals surface area contributed by atoms with Crippen LogP contribution in [-0.2, 0) is 4.74 Å². The van der Waals surface area contributed by atoms with Gasteiger partial charge in [-0.1, -0.05) is 30.3 Å². The molecule has 0 aliphatic carbocycles. The summed E-state index contributed by atoms with van der Waals surface area (Å²) in [7, 11) is 1.62. The normalized spacial score (nSPS) is 11.7.